The number of hydrogen-bond acceptors (Lipinski definition) is 5. The minimum absolute atomic E-state index is 0.00240. The summed E-state index contributed by atoms with van der Waals surface area (Å²) in [6.07, 6.45) is -5.00. The van der Waals surface area contributed by atoms with Crippen LogP contribution in [0.25, 0.3) is 0 Å². The second-order valence-electron chi connectivity index (χ2n) is 4.04. The average molecular weight is 283 g/mol. The van der Waals surface area contributed by atoms with Crippen LogP contribution < -0.4 is 15.8 Å². The Morgan fingerprint density at radius 3 is 2.67 bits per heavy atom. The van der Waals surface area contributed by atoms with Crippen LogP contribution in [0.2, 0.25) is 0 Å². The number of rotatable bonds is 6. The van der Waals surface area contributed by atoms with Crippen LogP contribution in [0.1, 0.15) is 26.7 Å². The minimum Gasteiger partial charge on any atom is -0.484 e. The molecule has 0 amide bonds. The van der Waals surface area contributed by atoms with E-state index in [1.807, 2.05) is 13.8 Å². The number of nitrogens with two attached hydrogens (primary N) is 1. The van der Waals surface area contributed by atoms with E-state index in [2.05, 4.69) is 9.69 Å². The van der Waals surface area contributed by atoms with Crippen molar-refractivity contribution in [3.05, 3.63) is 0 Å². The molecule has 1 aromatic rings. The number of ether oxygens (including phenoxy) is 1. The fraction of sp³-hybridized carbons (Fsp3) is 0.700. The molecule has 0 bridgehead atoms. The van der Waals surface area contributed by atoms with Crippen molar-refractivity contribution >= 4 is 22.4 Å². The van der Waals surface area contributed by atoms with Crippen LogP contribution >= 0.6 is 11.5 Å². The first-order valence-corrected chi connectivity index (χ1v) is 6.29. The van der Waals surface area contributed by atoms with Crippen molar-refractivity contribution in [2.75, 3.05) is 17.6 Å². The summed E-state index contributed by atoms with van der Waals surface area (Å²) in [7, 11) is 0. The van der Waals surface area contributed by atoms with Crippen molar-refractivity contribution in [3.63, 3.8) is 0 Å². The number of hydrogen-bond donors (Lipinski definition) is 2. The van der Waals surface area contributed by atoms with Crippen LogP contribution in [-0.4, -0.2) is 23.2 Å². The molecule has 0 radical (unpaired) electrons. The van der Waals surface area contributed by atoms with Gasteiger partial charge in [-0.1, -0.05) is 0 Å². The minimum atomic E-state index is -4.12. The van der Waals surface area contributed by atoms with Gasteiger partial charge in [0.05, 0.1) is 6.10 Å². The van der Waals surface area contributed by atoms with Gasteiger partial charge in [-0.05, 0) is 31.8 Å². The van der Waals surface area contributed by atoms with Crippen LogP contribution in [0.3, 0.4) is 0 Å². The summed E-state index contributed by atoms with van der Waals surface area (Å²) in [5.74, 6) is 0.675. The maximum Gasteiger partial charge on any atom is 0.389 e. The molecular formula is C10H16F3N3OS. The van der Waals surface area contributed by atoms with Gasteiger partial charge in [0.25, 0.3) is 0 Å². The SMILES string of the molecule is CC(C)Oc1c(N)nsc1NCCCC(F)(F)F. The largest absolute Gasteiger partial charge is 0.484 e. The molecule has 0 saturated heterocycles. The van der Waals surface area contributed by atoms with Gasteiger partial charge in [-0.3, -0.25) is 0 Å². The van der Waals surface area contributed by atoms with E-state index in [-0.39, 0.29) is 24.9 Å². The Labute approximate surface area is 107 Å². The van der Waals surface area contributed by atoms with Gasteiger partial charge in [-0.15, -0.1) is 0 Å². The van der Waals surface area contributed by atoms with Crippen LogP contribution in [0.5, 0.6) is 5.75 Å². The first kappa shape index (κ1) is 14.9. The highest BCUT2D eigenvalue weighted by Crippen LogP contribution is 2.36. The standard InChI is InChI=1S/C10H16F3N3OS/c1-6(2)17-7-8(14)16-18-9(7)15-5-3-4-10(11,12)13/h6,15H,3-5H2,1-2H3,(H2,14,16). The van der Waals surface area contributed by atoms with Crippen LogP contribution in [-0.2, 0) is 0 Å². The van der Waals surface area contributed by atoms with Crippen molar-refractivity contribution in [1.82, 2.24) is 4.37 Å². The van der Waals surface area contributed by atoms with Gasteiger partial charge in [0.2, 0.25) is 0 Å². The lowest BCUT2D eigenvalue weighted by molar-refractivity contribution is -0.134. The van der Waals surface area contributed by atoms with E-state index in [0.29, 0.717) is 10.8 Å². The monoisotopic (exact) mass is 283 g/mol. The summed E-state index contributed by atoms with van der Waals surface area (Å²) in [4.78, 5) is 0. The zero-order valence-corrected chi connectivity index (χ0v) is 11.0. The van der Waals surface area contributed by atoms with E-state index in [1.165, 1.54) is 0 Å². The van der Waals surface area contributed by atoms with E-state index in [0.717, 1.165) is 11.5 Å². The molecule has 0 spiro atoms. The normalized spacial score (nSPS) is 11.9. The summed E-state index contributed by atoms with van der Waals surface area (Å²) in [5, 5.41) is 3.44. The summed E-state index contributed by atoms with van der Waals surface area (Å²) in [6, 6.07) is 0. The highest BCUT2D eigenvalue weighted by atomic mass is 32.1. The van der Waals surface area contributed by atoms with Crippen molar-refractivity contribution in [3.8, 4) is 5.75 Å². The quantitative estimate of drug-likeness (QED) is 0.787. The first-order valence-electron chi connectivity index (χ1n) is 5.52. The second kappa shape index (κ2) is 6.12. The molecule has 104 valence electrons. The highest BCUT2D eigenvalue weighted by Gasteiger charge is 2.26. The predicted molar refractivity (Wildman–Crippen MR) is 66.1 cm³/mol. The molecule has 1 rings (SSSR count). The first-order chi connectivity index (χ1) is 8.29. The molecule has 0 aliphatic rings. The van der Waals surface area contributed by atoms with E-state index in [1.54, 1.807) is 0 Å². The van der Waals surface area contributed by atoms with Gasteiger partial charge in [-0.2, -0.15) is 17.5 Å². The van der Waals surface area contributed by atoms with Gasteiger partial charge >= 0.3 is 6.18 Å². The van der Waals surface area contributed by atoms with Crippen LogP contribution in [0, 0.1) is 0 Å². The Hall–Kier alpha value is -1.18. The highest BCUT2D eigenvalue weighted by molar-refractivity contribution is 7.11. The number of anilines is 2. The second-order valence-corrected chi connectivity index (χ2v) is 4.81. The molecule has 0 aromatic carbocycles. The molecule has 18 heavy (non-hydrogen) atoms. The number of nitrogens with one attached hydrogen (secondary N) is 1. The molecule has 0 saturated carbocycles. The summed E-state index contributed by atoms with van der Waals surface area (Å²) in [5.41, 5.74) is 5.62. The Morgan fingerprint density at radius 1 is 1.44 bits per heavy atom. The third-order valence-corrected chi connectivity index (χ3v) is 2.75. The van der Waals surface area contributed by atoms with Crippen molar-refractivity contribution in [1.29, 1.82) is 0 Å². The number of halogens is 3. The Morgan fingerprint density at radius 2 is 2.11 bits per heavy atom. The average Bonchev–Trinajstić information content (AvgIpc) is 2.54. The number of nitrogens with zero attached hydrogens (tertiary/aromatic N) is 1. The number of alkyl halides is 3. The molecule has 3 N–H and O–H groups in total. The topological polar surface area (TPSA) is 60.2 Å². The van der Waals surface area contributed by atoms with Gasteiger partial charge < -0.3 is 15.8 Å². The third-order valence-electron chi connectivity index (χ3n) is 1.95. The van der Waals surface area contributed by atoms with Gasteiger partial charge in [0, 0.05) is 13.0 Å². The molecule has 1 heterocycles. The molecule has 0 atom stereocenters. The molecule has 1 aromatic heterocycles. The molecule has 0 aliphatic carbocycles. The fourth-order valence-corrected chi connectivity index (χ4v) is 1.92. The number of nitrogen functional groups attached to an aromatic ring is 1. The zero-order chi connectivity index (χ0) is 13.8. The Balaban J connectivity index is 2.47. The third kappa shape index (κ3) is 4.99. The Bertz CT molecular complexity index is 379. The van der Waals surface area contributed by atoms with Gasteiger partial charge in [-0.25, -0.2) is 0 Å². The zero-order valence-electron chi connectivity index (χ0n) is 10.2. The summed E-state index contributed by atoms with van der Waals surface area (Å²) < 4.78 is 45.2. The fourth-order valence-electron chi connectivity index (χ4n) is 1.25. The predicted octanol–water partition coefficient (Wildman–Crippen LogP) is 3.27. The van der Waals surface area contributed by atoms with Crippen molar-refractivity contribution < 1.29 is 17.9 Å². The van der Waals surface area contributed by atoms with E-state index < -0.39 is 12.6 Å². The van der Waals surface area contributed by atoms with Crippen LogP contribution in [0.15, 0.2) is 0 Å². The lowest BCUT2D eigenvalue weighted by Crippen LogP contribution is -2.12. The smallest absolute Gasteiger partial charge is 0.389 e. The van der Waals surface area contributed by atoms with Gasteiger partial charge in [0.1, 0.15) is 0 Å². The molecule has 0 unspecified atom stereocenters. The summed E-state index contributed by atoms with van der Waals surface area (Å²) in [6.45, 7) is 3.88. The van der Waals surface area contributed by atoms with Crippen molar-refractivity contribution in [2.45, 2.75) is 39.0 Å². The molecule has 8 heteroatoms. The molecule has 4 nitrogen and oxygen atoms in total. The van der Waals surface area contributed by atoms with E-state index in [4.69, 9.17) is 10.5 Å². The lowest BCUT2D eigenvalue weighted by atomic mass is 10.3. The molecule has 0 fully saturated rings. The van der Waals surface area contributed by atoms with Gasteiger partial charge in [0.15, 0.2) is 16.6 Å². The summed E-state index contributed by atoms with van der Waals surface area (Å²) >= 11 is 1.08. The number of aromatic nitrogens is 1. The molecule has 0 aliphatic heterocycles. The van der Waals surface area contributed by atoms with E-state index >= 15 is 0 Å². The van der Waals surface area contributed by atoms with Crippen LogP contribution in [0.4, 0.5) is 24.0 Å². The van der Waals surface area contributed by atoms with E-state index in [9.17, 15) is 13.2 Å². The van der Waals surface area contributed by atoms with Crippen molar-refractivity contribution in [2.24, 2.45) is 0 Å². The molecular weight excluding hydrogens is 267 g/mol. The maximum absolute atomic E-state index is 12.0. The lowest BCUT2D eigenvalue weighted by Gasteiger charge is -2.12. The Kier molecular flexibility index (Phi) is 5.06. The maximum atomic E-state index is 12.0.